The lowest BCUT2D eigenvalue weighted by molar-refractivity contribution is 0.318. The van der Waals surface area contributed by atoms with Crippen LogP contribution in [0.2, 0.25) is 0 Å². The summed E-state index contributed by atoms with van der Waals surface area (Å²) < 4.78 is 16.4. The Morgan fingerprint density at radius 2 is 1.72 bits per heavy atom. The molecule has 18 heavy (non-hydrogen) atoms. The summed E-state index contributed by atoms with van der Waals surface area (Å²) in [5, 5.41) is 0. The van der Waals surface area contributed by atoms with Crippen LogP contribution in [0.3, 0.4) is 0 Å². The summed E-state index contributed by atoms with van der Waals surface area (Å²) in [7, 11) is 4.96. The highest BCUT2D eigenvalue weighted by Gasteiger charge is 2.40. The minimum absolute atomic E-state index is 0.0639. The normalized spacial score (nSPS) is 20.4. The van der Waals surface area contributed by atoms with Crippen molar-refractivity contribution in [3.8, 4) is 17.2 Å². The first-order valence-electron chi connectivity index (χ1n) is 5.93. The van der Waals surface area contributed by atoms with Crippen LogP contribution in [0.5, 0.6) is 17.2 Å². The number of halogens is 1. The molecule has 0 aliphatic heterocycles. The topological polar surface area (TPSA) is 27.7 Å². The average molecular weight is 315 g/mol. The molecule has 1 aromatic rings. The standard InChI is InChI=1S/C14H19BrO3/c1-14(2)7-9(15)8-6-10(16-3)12(17-4)13(18-5)11(8)14/h6,9H,7H2,1-5H3. The van der Waals surface area contributed by atoms with Crippen molar-refractivity contribution >= 4 is 15.9 Å². The molecule has 0 heterocycles. The van der Waals surface area contributed by atoms with Gasteiger partial charge in [-0.3, -0.25) is 0 Å². The molecule has 0 fully saturated rings. The summed E-state index contributed by atoms with van der Waals surface area (Å²) in [4.78, 5) is 0.330. The van der Waals surface area contributed by atoms with Gasteiger partial charge in [-0.05, 0) is 23.5 Å². The zero-order valence-corrected chi connectivity index (χ0v) is 13.1. The van der Waals surface area contributed by atoms with Crippen LogP contribution in [0.25, 0.3) is 0 Å². The van der Waals surface area contributed by atoms with Crippen molar-refractivity contribution < 1.29 is 14.2 Å². The van der Waals surface area contributed by atoms with Crippen LogP contribution in [0.4, 0.5) is 0 Å². The summed E-state index contributed by atoms with van der Waals surface area (Å²) in [6, 6.07) is 2.05. The molecule has 0 amide bonds. The molecule has 0 spiro atoms. The third-order valence-corrected chi connectivity index (χ3v) is 4.38. The molecule has 1 atom stereocenters. The highest BCUT2D eigenvalue weighted by atomic mass is 79.9. The lowest BCUT2D eigenvalue weighted by Crippen LogP contribution is -2.14. The predicted molar refractivity (Wildman–Crippen MR) is 75.4 cm³/mol. The van der Waals surface area contributed by atoms with E-state index in [4.69, 9.17) is 14.2 Å². The van der Waals surface area contributed by atoms with Crippen molar-refractivity contribution in [2.75, 3.05) is 21.3 Å². The van der Waals surface area contributed by atoms with Crippen LogP contribution < -0.4 is 14.2 Å². The Bertz CT molecular complexity index is 469. The smallest absolute Gasteiger partial charge is 0.203 e. The third-order valence-electron chi connectivity index (χ3n) is 3.56. The van der Waals surface area contributed by atoms with Gasteiger partial charge >= 0.3 is 0 Å². The van der Waals surface area contributed by atoms with Gasteiger partial charge in [0.1, 0.15) is 0 Å². The first kappa shape index (κ1) is 13.5. The van der Waals surface area contributed by atoms with Gasteiger partial charge in [0.25, 0.3) is 0 Å². The highest BCUT2D eigenvalue weighted by Crippen LogP contribution is 2.57. The summed E-state index contributed by atoms with van der Waals surface area (Å²) in [6.07, 6.45) is 1.04. The number of methoxy groups -OCH3 is 3. The van der Waals surface area contributed by atoms with Crippen molar-refractivity contribution in [2.24, 2.45) is 0 Å². The van der Waals surface area contributed by atoms with Gasteiger partial charge in [-0.15, -0.1) is 0 Å². The van der Waals surface area contributed by atoms with Crippen molar-refractivity contribution in [1.82, 2.24) is 0 Å². The van der Waals surface area contributed by atoms with Crippen molar-refractivity contribution in [3.63, 3.8) is 0 Å². The molecule has 1 aliphatic carbocycles. The van der Waals surface area contributed by atoms with Gasteiger partial charge < -0.3 is 14.2 Å². The van der Waals surface area contributed by atoms with E-state index in [1.807, 2.05) is 6.07 Å². The number of hydrogen-bond donors (Lipinski definition) is 0. The summed E-state index contributed by atoms with van der Waals surface area (Å²) in [5.41, 5.74) is 2.51. The summed E-state index contributed by atoms with van der Waals surface area (Å²) in [5.74, 6) is 2.18. The van der Waals surface area contributed by atoms with Gasteiger partial charge in [0.15, 0.2) is 11.5 Å². The molecule has 0 aromatic heterocycles. The summed E-state index contributed by atoms with van der Waals surface area (Å²) in [6.45, 7) is 4.45. The second-order valence-corrected chi connectivity index (χ2v) is 6.27. The Balaban J connectivity index is 2.76. The zero-order chi connectivity index (χ0) is 13.5. The van der Waals surface area contributed by atoms with E-state index in [1.54, 1.807) is 21.3 Å². The van der Waals surface area contributed by atoms with Gasteiger partial charge in [-0.2, -0.15) is 0 Å². The van der Waals surface area contributed by atoms with Gasteiger partial charge in [0.2, 0.25) is 5.75 Å². The van der Waals surface area contributed by atoms with E-state index in [0.717, 1.165) is 17.9 Å². The second-order valence-electron chi connectivity index (χ2n) is 5.17. The Labute approximate surface area is 117 Å². The van der Waals surface area contributed by atoms with Crippen LogP contribution in [-0.2, 0) is 5.41 Å². The molecule has 2 rings (SSSR count). The fraction of sp³-hybridized carbons (Fsp3) is 0.571. The predicted octanol–water partition coefficient (Wildman–Crippen LogP) is 3.83. The lowest BCUT2D eigenvalue weighted by atomic mass is 9.85. The Morgan fingerprint density at radius 3 is 2.22 bits per heavy atom. The Morgan fingerprint density at radius 1 is 1.11 bits per heavy atom. The molecule has 0 radical (unpaired) electrons. The first-order valence-corrected chi connectivity index (χ1v) is 6.85. The van der Waals surface area contributed by atoms with E-state index in [9.17, 15) is 0 Å². The SMILES string of the molecule is COc1cc2c(c(OC)c1OC)C(C)(C)CC2Br. The van der Waals surface area contributed by atoms with Gasteiger partial charge in [-0.1, -0.05) is 29.8 Å². The molecule has 0 saturated heterocycles. The number of alkyl halides is 1. The molecule has 0 N–H and O–H groups in total. The molecule has 0 bridgehead atoms. The maximum Gasteiger partial charge on any atom is 0.203 e. The van der Waals surface area contributed by atoms with Crippen LogP contribution in [-0.4, -0.2) is 21.3 Å². The van der Waals surface area contributed by atoms with Crippen molar-refractivity contribution in [3.05, 3.63) is 17.2 Å². The molecule has 100 valence electrons. The molecule has 1 unspecified atom stereocenters. The number of ether oxygens (including phenoxy) is 3. The average Bonchev–Trinajstić information content (AvgIpc) is 2.57. The van der Waals surface area contributed by atoms with E-state index in [2.05, 4.69) is 29.8 Å². The van der Waals surface area contributed by atoms with E-state index in [-0.39, 0.29) is 5.41 Å². The molecule has 1 aromatic carbocycles. The van der Waals surface area contributed by atoms with Gasteiger partial charge in [-0.25, -0.2) is 0 Å². The number of hydrogen-bond acceptors (Lipinski definition) is 3. The molecular formula is C14H19BrO3. The molecule has 1 aliphatic rings. The largest absolute Gasteiger partial charge is 0.493 e. The monoisotopic (exact) mass is 314 g/mol. The lowest BCUT2D eigenvalue weighted by Gasteiger charge is -2.23. The van der Waals surface area contributed by atoms with Crippen LogP contribution in [0, 0.1) is 0 Å². The Hall–Kier alpha value is -0.900. The molecule has 0 saturated carbocycles. The van der Waals surface area contributed by atoms with E-state index in [0.29, 0.717) is 10.6 Å². The van der Waals surface area contributed by atoms with E-state index < -0.39 is 0 Å². The number of fused-ring (bicyclic) bond motifs is 1. The molecule has 3 nitrogen and oxygen atoms in total. The third kappa shape index (κ3) is 1.87. The van der Waals surface area contributed by atoms with Crippen molar-refractivity contribution in [2.45, 2.75) is 30.5 Å². The fourth-order valence-corrected chi connectivity index (χ4v) is 3.95. The van der Waals surface area contributed by atoms with E-state index >= 15 is 0 Å². The maximum absolute atomic E-state index is 5.58. The fourth-order valence-electron chi connectivity index (χ4n) is 2.78. The minimum atomic E-state index is 0.0639. The van der Waals surface area contributed by atoms with Crippen LogP contribution in [0.1, 0.15) is 36.2 Å². The number of benzene rings is 1. The minimum Gasteiger partial charge on any atom is -0.493 e. The Kier molecular flexibility index (Phi) is 3.49. The first-order chi connectivity index (χ1) is 8.46. The van der Waals surface area contributed by atoms with Gasteiger partial charge in [0.05, 0.1) is 21.3 Å². The molecule has 4 heteroatoms. The highest BCUT2D eigenvalue weighted by molar-refractivity contribution is 9.09. The van der Waals surface area contributed by atoms with E-state index in [1.165, 1.54) is 11.1 Å². The maximum atomic E-state index is 5.58. The summed E-state index contributed by atoms with van der Waals surface area (Å²) >= 11 is 3.73. The van der Waals surface area contributed by atoms with Crippen LogP contribution >= 0.6 is 15.9 Å². The number of rotatable bonds is 3. The molecular weight excluding hydrogens is 296 g/mol. The van der Waals surface area contributed by atoms with Crippen LogP contribution in [0.15, 0.2) is 6.07 Å². The van der Waals surface area contributed by atoms with Gasteiger partial charge in [0, 0.05) is 10.4 Å². The van der Waals surface area contributed by atoms with Crippen molar-refractivity contribution in [1.29, 1.82) is 0 Å². The quantitative estimate of drug-likeness (QED) is 0.794. The zero-order valence-electron chi connectivity index (χ0n) is 11.5. The second kappa shape index (κ2) is 4.65.